The Hall–Kier alpha value is -2.50. The number of H-pyrrole nitrogens is 1. The summed E-state index contributed by atoms with van der Waals surface area (Å²) in [5.74, 6) is -1.32. The van der Waals surface area contributed by atoms with Crippen LogP contribution in [-0.2, 0) is 0 Å². The Labute approximate surface area is 102 Å². The monoisotopic (exact) mass is 247 g/mol. The lowest BCUT2D eigenvalue weighted by Gasteiger charge is -2.05. The van der Waals surface area contributed by atoms with Gasteiger partial charge in [-0.3, -0.25) is 14.6 Å². The third-order valence-electron chi connectivity index (χ3n) is 2.32. The molecule has 0 atom stereocenters. The molecule has 2 rings (SSSR count). The average molecular weight is 247 g/mol. The van der Waals surface area contributed by atoms with Gasteiger partial charge in [-0.15, -0.1) is 0 Å². The van der Waals surface area contributed by atoms with Crippen molar-refractivity contribution in [2.24, 2.45) is 0 Å². The number of anilines is 1. The highest BCUT2D eigenvalue weighted by molar-refractivity contribution is 6.03. The molecule has 6 heteroatoms. The van der Waals surface area contributed by atoms with Crippen molar-refractivity contribution in [1.29, 1.82) is 0 Å². The van der Waals surface area contributed by atoms with Crippen LogP contribution >= 0.6 is 0 Å². The fourth-order valence-electron chi connectivity index (χ4n) is 1.42. The molecular formula is C12H10FN3O2. The molecule has 2 aromatic heterocycles. The highest BCUT2D eigenvalue weighted by atomic mass is 19.1. The molecule has 0 aliphatic carbocycles. The Morgan fingerprint density at radius 2 is 2.28 bits per heavy atom. The van der Waals surface area contributed by atoms with Gasteiger partial charge in [-0.05, 0) is 13.0 Å². The van der Waals surface area contributed by atoms with Crippen molar-refractivity contribution >= 4 is 11.6 Å². The van der Waals surface area contributed by atoms with Gasteiger partial charge in [0.25, 0.3) is 5.91 Å². The number of carbonyl (C=O) groups excluding carboxylic acids is 1. The summed E-state index contributed by atoms with van der Waals surface area (Å²) in [6.07, 6.45) is 3.62. The zero-order valence-electron chi connectivity index (χ0n) is 9.53. The normalized spacial score (nSPS) is 10.1. The van der Waals surface area contributed by atoms with Gasteiger partial charge in [-0.1, -0.05) is 0 Å². The maximum atomic E-state index is 13.3. The molecule has 0 spiro atoms. The zero-order chi connectivity index (χ0) is 13.1. The summed E-state index contributed by atoms with van der Waals surface area (Å²) in [6.45, 7) is 1.70. The van der Waals surface area contributed by atoms with E-state index >= 15 is 0 Å². The summed E-state index contributed by atoms with van der Waals surface area (Å²) in [4.78, 5) is 29.7. The number of aromatic amines is 1. The van der Waals surface area contributed by atoms with Crippen molar-refractivity contribution in [3.8, 4) is 0 Å². The van der Waals surface area contributed by atoms with Crippen LogP contribution in [-0.4, -0.2) is 15.9 Å². The molecule has 18 heavy (non-hydrogen) atoms. The molecule has 2 aromatic rings. The number of hydrogen-bond donors (Lipinski definition) is 2. The molecule has 0 bridgehead atoms. The fraction of sp³-hybridized carbons (Fsp3) is 0.0833. The Balaban J connectivity index is 2.28. The molecule has 0 aliphatic rings. The molecule has 2 heterocycles. The van der Waals surface area contributed by atoms with Gasteiger partial charge >= 0.3 is 0 Å². The van der Waals surface area contributed by atoms with E-state index < -0.39 is 17.2 Å². The summed E-state index contributed by atoms with van der Waals surface area (Å²) in [6, 6.07) is 2.62. The number of aromatic nitrogens is 2. The standard InChI is InChI=1S/C12H10FN3O2/c1-7-4-11(17)8(5-15-7)12(18)16-10-2-3-14-6-9(10)13/h2-6H,1H3,(H,15,17)(H,14,16,18). The van der Waals surface area contributed by atoms with Crippen LogP contribution in [0.2, 0.25) is 0 Å². The van der Waals surface area contributed by atoms with Gasteiger partial charge in [0.15, 0.2) is 11.2 Å². The van der Waals surface area contributed by atoms with Crippen LogP contribution in [0, 0.1) is 12.7 Å². The van der Waals surface area contributed by atoms with E-state index in [2.05, 4.69) is 15.3 Å². The first kappa shape index (κ1) is 12.0. The third-order valence-corrected chi connectivity index (χ3v) is 2.32. The minimum absolute atomic E-state index is 0.0185. The summed E-state index contributed by atoms with van der Waals surface area (Å²) in [7, 11) is 0. The number of amides is 1. The molecule has 1 amide bonds. The number of aryl methyl sites for hydroxylation is 1. The largest absolute Gasteiger partial charge is 0.364 e. The van der Waals surface area contributed by atoms with E-state index in [9.17, 15) is 14.0 Å². The van der Waals surface area contributed by atoms with Crippen molar-refractivity contribution in [3.63, 3.8) is 0 Å². The Bertz CT molecular complexity index is 652. The molecule has 0 saturated heterocycles. The lowest BCUT2D eigenvalue weighted by Crippen LogP contribution is -2.22. The van der Waals surface area contributed by atoms with Crippen LogP contribution in [0.1, 0.15) is 16.1 Å². The molecule has 0 fully saturated rings. The van der Waals surface area contributed by atoms with Crippen LogP contribution in [0.15, 0.2) is 35.5 Å². The second-order valence-electron chi connectivity index (χ2n) is 3.70. The Kier molecular flexibility index (Phi) is 3.18. The minimum atomic E-state index is -0.665. The smallest absolute Gasteiger partial charge is 0.261 e. The Morgan fingerprint density at radius 3 is 2.94 bits per heavy atom. The predicted molar refractivity (Wildman–Crippen MR) is 63.9 cm³/mol. The maximum Gasteiger partial charge on any atom is 0.261 e. The number of rotatable bonds is 2. The maximum absolute atomic E-state index is 13.3. The number of halogens is 1. The lowest BCUT2D eigenvalue weighted by atomic mass is 10.2. The number of hydrogen-bond acceptors (Lipinski definition) is 3. The van der Waals surface area contributed by atoms with Crippen LogP contribution < -0.4 is 10.7 Å². The summed E-state index contributed by atoms with van der Waals surface area (Å²) in [5.41, 5.74) is 0.136. The quantitative estimate of drug-likeness (QED) is 0.843. The molecule has 0 aliphatic heterocycles. The molecule has 0 aromatic carbocycles. The van der Waals surface area contributed by atoms with Gasteiger partial charge in [0.2, 0.25) is 0 Å². The highest BCUT2D eigenvalue weighted by Gasteiger charge is 2.12. The van der Waals surface area contributed by atoms with Crippen LogP contribution in [0.3, 0.4) is 0 Å². The molecular weight excluding hydrogens is 237 g/mol. The number of pyridine rings is 2. The van der Waals surface area contributed by atoms with E-state index in [1.165, 1.54) is 24.5 Å². The number of carbonyl (C=O) groups is 1. The van der Waals surface area contributed by atoms with Gasteiger partial charge in [-0.25, -0.2) is 4.39 Å². The fourth-order valence-corrected chi connectivity index (χ4v) is 1.42. The van der Waals surface area contributed by atoms with Crippen molar-refractivity contribution in [3.05, 3.63) is 58.0 Å². The van der Waals surface area contributed by atoms with E-state index in [1.807, 2.05) is 0 Å². The van der Waals surface area contributed by atoms with Gasteiger partial charge in [0.05, 0.1) is 11.9 Å². The van der Waals surface area contributed by atoms with Crippen molar-refractivity contribution in [2.45, 2.75) is 6.92 Å². The highest BCUT2D eigenvalue weighted by Crippen LogP contribution is 2.11. The molecule has 0 saturated carbocycles. The zero-order valence-corrected chi connectivity index (χ0v) is 9.53. The first-order valence-corrected chi connectivity index (χ1v) is 5.18. The first-order valence-electron chi connectivity index (χ1n) is 5.18. The minimum Gasteiger partial charge on any atom is -0.364 e. The van der Waals surface area contributed by atoms with E-state index in [1.54, 1.807) is 6.92 Å². The average Bonchev–Trinajstić information content (AvgIpc) is 2.32. The molecule has 2 N–H and O–H groups in total. The summed E-state index contributed by atoms with van der Waals surface area (Å²) >= 11 is 0. The van der Waals surface area contributed by atoms with E-state index in [4.69, 9.17) is 0 Å². The van der Waals surface area contributed by atoms with Crippen molar-refractivity contribution < 1.29 is 9.18 Å². The second-order valence-corrected chi connectivity index (χ2v) is 3.70. The molecule has 5 nitrogen and oxygen atoms in total. The third kappa shape index (κ3) is 2.42. The van der Waals surface area contributed by atoms with Crippen LogP contribution in [0.5, 0.6) is 0 Å². The van der Waals surface area contributed by atoms with Gasteiger partial charge < -0.3 is 10.3 Å². The molecule has 92 valence electrons. The van der Waals surface area contributed by atoms with Crippen LogP contribution in [0.25, 0.3) is 0 Å². The van der Waals surface area contributed by atoms with Gasteiger partial charge in [-0.2, -0.15) is 0 Å². The van der Waals surface area contributed by atoms with Crippen LogP contribution in [0.4, 0.5) is 10.1 Å². The first-order chi connectivity index (χ1) is 8.58. The van der Waals surface area contributed by atoms with Gasteiger partial charge in [0.1, 0.15) is 5.56 Å². The van der Waals surface area contributed by atoms with Crippen molar-refractivity contribution in [1.82, 2.24) is 9.97 Å². The Morgan fingerprint density at radius 1 is 1.50 bits per heavy atom. The SMILES string of the molecule is Cc1cc(=O)c(C(=O)Nc2ccncc2F)c[nH]1. The predicted octanol–water partition coefficient (Wildman–Crippen LogP) is 1.47. The van der Waals surface area contributed by atoms with Gasteiger partial charge in [0, 0.05) is 24.2 Å². The number of nitrogens with zero attached hydrogens (tertiary/aromatic N) is 1. The van der Waals surface area contributed by atoms with E-state index in [0.29, 0.717) is 5.69 Å². The second kappa shape index (κ2) is 4.79. The lowest BCUT2D eigenvalue weighted by molar-refractivity contribution is 0.102. The molecule has 0 radical (unpaired) electrons. The van der Waals surface area contributed by atoms with E-state index in [-0.39, 0.29) is 11.3 Å². The van der Waals surface area contributed by atoms with E-state index in [0.717, 1.165) is 6.20 Å². The number of nitrogens with one attached hydrogen (secondary N) is 2. The topological polar surface area (TPSA) is 74.8 Å². The summed E-state index contributed by atoms with van der Waals surface area (Å²) < 4.78 is 13.3. The summed E-state index contributed by atoms with van der Waals surface area (Å²) in [5, 5.41) is 2.31. The van der Waals surface area contributed by atoms with Crippen molar-refractivity contribution in [2.75, 3.05) is 5.32 Å². The molecule has 0 unspecified atom stereocenters.